The summed E-state index contributed by atoms with van der Waals surface area (Å²) in [6, 6.07) is 12.7. The van der Waals surface area contributed by atoms with Gasteiger partial charge in [0.1, 0.15) is 6.54 Å². The van der Waals surface area contributed by atoms with Crippen LogP contribution in [0.2, 0.25) is 0 Å². The van der Waals surface area contributed by atoms with Gasteiger partial charge in [0.25, 0.3) is 5.56 Å². The van der Waals surface area contributed by atoms with Gasteiger partial charge in [-0.1, -0.05) is 43.7 Å². The lowest BCUT2D eigenvalue weighted by Gasteiger charge is -2.33. The zero-order valence-corrected chi connectivity index (χ0v) is 17.8. The van der Waals surface area contributed by atoms with Gasteiger partial charge in [-0.05, 0) is 25.3 Å². The van der Waals surface area contributed by atoms with Gasteiger partial charge in [-0.25, -0.2) is 4.68 Å². The highest BCUT2D eigenvalue weighted by atomic mass is 16.2. The molecule has 1 aromatic carbocycles. The molecule has 7 nitrogen and oxygen atoms in total. The van der Waals surface area contributed by atoms with Gasteiger partial charge in [-0.3, -0.25) is 14.4 Å². The number of benzene rings is 1. The molecule has 2 heterocycles. The van der Waals surface area contributed by atoms with Crippen molar-refractivity contribution in [2.45, 2.75) is 39.2 Å². The third-order valence-electron chi connectivity index (χ3n) is 5.64. The number of rotatable bonds is 7. The molecule has 2 amide bonds. The number of piperidine rings is 1. The standard InChI is InChI=1S/C23H30N4O3/c1-3-4-14-25(2)23(30)19-12-15-26(16-13-19)22(29)17-27-21(28)11-10-20(24-27)18-8-6-5-7-9-18/h5-11,19H,3-4,12-17H2,1-2H3. The number of carbonyl (C=O) groups is 2. The lowest BCUT2D eigenvalue weighted by atomic mass is 9.95. The van der Waals surface area contributed by atoms with Crippen LogP contribution in [-0.2, 0) is 16.1 Å². The van der Waals surface area contributed by atoms with Crippen LogP contribution in [0.3, 0.4) is 0 Å². The van der Waals surface area contributed by atoms with E-state index in [2.05, 4.69) is 12.0 Å². The Hall–Kier alpha value is -2.96. The lowest BCUT2D eigenvalue weighted by molar-refractivity contribution is -0.140. The van der Waals surface area contributed by atoms with Crippen molar-refractivity contribution in [1.82, 2.24) is 19.6 Å². The predicted octanol–water partition coefficient (Wildman–Crippen LogP) is 2.41. The monoisotopic (exact) mass is 410 g/mol. The molecule has 0 bridgehead atoms. The SMILES string of the molecule is CCCCN(C)C(=O)C1CCN(C(=O)Cn2nc(-c3ccccc3)ccc2=O)CC1. The maximum Gasteiger partial charge on any atom is 0.267 e. The minimum Gasteiger partial charge on any atom is -0.346 e. The summed E-state index contributed by atoms with van der Waals surface area (Å²) < 4.78 is 1.22. The molecule has 1 aromatic heterocycles. The summed E-state index contributed by atoms with van der Waals surface area (Å²) in [6.07, 6.45) is 3.38. The number of aromatic nitrogens is 2. The highest BCUT2D eigenvalue weighted by Crippen LogP contribution is 2.20. The summed E-state index contributed by atoms with van der Waals surface area (Å²) in [5, 5.41) is 4.37. The molecule has 160 valence electrons. The fourth-order valence-corrected chi connectivity index (χ4v) is 3.75. The number of carbonyl (C=O) groups excluding carboxylic acids is 2. The van der Waals surface area contributed by atoms with E-state index in [1.54, 1.807) is 11.0 Å². The van der Waals surface area contributed by atoms with E-state index in [1.807, 2.05) is 42.3 Å². The van der Waals surface area contributed by atoms with Crippen molar-refractivity contribution in [2.24, 2.45) is 5.92 Å². The average Bonchev–Trinajstić information content (AvgIpc) is 2.79. The predicted molar refractivity (Wildman–Crippen MR) is 116 cm³/mol. The molecular formula is C23H30N4O3. The molecule has 1 fully saturated rings. The smallest absolute Gasteiger partial charge is 0.267 e. The molecule has 0 radical (unpaired) electrons. The molecule has 1 saturated heterocycles. The Labute approximate surface area is 177 Å². The van der Waals surface area contributed by atoms with E-state index in [0.29, 0.717) is 31.6 Å². The van der Waals surface area contributed by atoms with Gasteiger partial charge in [0.2, 0.25) is 11.8 Å². The van der Waals surface area contributed by atoms with E-state index < -0.39 is 0 Å². The average molecular weight is 411 g/mol. The molecule has 2 aromatic rings. The fourth-order valence-electron chi connectivity index (χ4n) is 3.75. The largest absolute Gasteiger partial charge is 0.346 e. The highest BCUT2D eigenvalue weighted by molar-refractivity contribution is 5.80. The van der Waals surface area contributed by atoms with Crippen LogP contribution in [0, 0.1) is 5.92 Å². The Morgan fingerprint density at radius 3 is 2.47 bits per heavy atom. The maximum absolute atomic E-state index is 12.8. The summed E-state index contributed by atoms with van der Waals surface area (Å²) in [6.45, 7) is 3.86. The second-order valence-corrected chi connectivity index (χ2v) is 7.85. The van der Waals surface area contributed by atoms with E-state index in [0.717, 1.165) is 24.9 Å². The molecule has 1 aliphatic heterocycles. The maximum atomic E-state index is 12.8. The van der Waals surface area contributed by atoms with Gasteiger partial charge < -0.3 is 9.80 Å². The van der Waals surface area contributed by atoms with Crippen LogP contribution < -0.4 is 5.56 Å². The van der Waals surface area contributed by atoms with E-state index >= 15 is 0 Å². The first kappa shape index (κ1) is 21.7. The Morgan fingerprint density at radius 2 is 1.80 bits per heavy atom. The summed E-state index contributed by atoms with van der Waals surface area (Å²) in [4.78, 5) is 41.1. The highest BCUT2D eigenvalue weighted by Gasteiger charge is 2.29. The van der Waals surface area contributed by atoms with Crippen molar-refractivity contribution in [3.63, 3.8) is 0 Å². The summed E-state index contributed by atoms with van der Waals surface area (Å²) in [7, 11) is 1.85. The minimum atomic E-state index is -0.300. The van der Waals surface area contributed by atoms with Crippen molar-refractivity contribution in [3.05, 3.63) is 52.8 Å². The van der Waals surface area contributed by atoms with Crippen LogP contribution >= 0.6 is 0 Å². The van der Waals surface area contributed by atoms with Crippen molar-refractivity contribution in [2.75, 3.05) is 26.7 Å². The topological polar surface area (TPSA) is 75.5 Å². The Morgan fingerprint density at radius 1 is 1.10 bits per heavy atom. The van der Waals surface area contributed by atoms with Crippen LogP contribution in [0.5, 0.6) is 0 Å². The first-order valence-electron chi connectivity index (χ1n) is 10.7. The van der Waals surface area contributed by atoms with Gasteiger partial charge in [0.15, 0.2) is 0 Å². The summed E-state index contributed by atoms with van der Waals surface area (Å²) in [5.41, 5.74) is 1.25. The third kappa shape index (κ3) is 5.34. The molecule has 7 heteroatoms. The van der Waals surface area contributed by atoms with Crippen molar-refractivity contribution >= 4 is 11.8 Å². The lowest BCUT2D eigenvalue weighted by Crippen LogP contribution is -2.45. The molecule has 0 saturated carbocycles. The summed E-state index contributed by atoms with van der Waals surface area (Å²) >= 11 is 0. The second kappa shape index (κ2) is 10.2. The Bertz CT molecular complexity index is 918. The third-order valence-corrected chi connectivity index (χ3v) is 5.64. The molecule has 1 aliphatic rings. The van der Waals surface area contributed by atoms with Gasteiger partial charge in [-0.15, -0.1) is 0 Å². The zero-order chi connectivity index (χ0) is 21.5. The van der Waals surface area contributed by atoms with E-state index in [-0.39, 0.29) is 29.8 Å². The number of hydrogen-bond acceptors (Lipinski definition) is 4. The van der Waals surface area contributed by atoms with E-state index in [1.165, 1.54) is 10.7 Å². The first-order valence-corrected chi connectivity index (χ1v) is 10.7. The van der Waals surface area contributed by atoms with Crippen molar-refractivity contribution in [1.29, 1.82) is 0 Å². The van der Waals surface area contributed by atoms with Crippen molar-refractivity contribution in [3.8, 4) is 11.3 Å². The molecule has 0 unspecified atom stereocenters. The minimum absolute atomic E-state index is 0.0295. The van der Waals surface area contributed by atoms with Gasteiger partial charge in [0, 0.05) is 44.2 Å². The van der Waals surface area contributed by atoms with Gasteiger partial charge in [-0.2, -0.15) is 5.10 Å². The number of amides is 2. The Balaban J connectivity index is 1.59. The number of nitrogens with zero attached hydrogens (tertiary/aromatic N) is 4. The normalized spacial score (nSPS) is 14.5. The molecule has 0 spiro atoms. The van der Waals surface area contributed by atoms with Crippen LogP contribution in [0.1, 0.15) is 32.6 Å². The zero-order valence-electron chi connectivity index (χ0n) is 17.8. The molecule has 0 atom stereocenters. The van der Waals surface area contributed by atoms with Crippen LogP contribution in [-0.4, -0.2) is 58.1 Å². The number of likely N-dealkylation sites (tertiary alicyclic amines) is 1. The molecule has 0 aliphatic carbocycles. The van der Waals surface area contributed by atoms with Crippen LogP contribution in [0.25, 0.3) is 11.3 Å². The quantitative estimate of drug-likeness (QED) is 0.702. The molecule has 0 N–H and O–H groups in total. The van der Waals surface area contributed by atoms with Gasteiger partial charge >= 0.3 is 0 Å². The molecule has 3 rings (SSSR count). The number of hydrogen-bond donors (Lipinski definition) is 0. The van der Waals surface area contributed by atoms with Gasteiger partial charge in [0.05, 0.1) is 5.69 Å². The van der Waals surface area contributed by atoms with Crippen molar-refractivity contribution < 1.29 is 9.59 Å². The first-order chi connectivity index (χ1) is 14.5. The van der Waals surface area contributed by atoms with E-state index in [9.17, 15) is 14.4 Å². The Kier molecular flexibility index (Phi) is 7.38. The molecular weight excluding hydrogens is 380 g/mol. The molecule has 30 heavy (non-hydrogen) atoms. The fraction of sp³-hybridized carbons (Fsp3) is 0.478. The summed E-state index contributed by atoms with van der Waals surface area (Å²) in [5.74, 6) is 0.00204. The van der Waals surface area contributed by atoms with Crippen LogP contribution in [0.4, 0.5) is 0 Å². The second-order valence-electron chi connectivity index (χ2n) is 7.85. The van der Waals surface area contributed by atoms with Crippen LogP contribution in [0.15, 0.2) is 47.3 Å². The van der Waals surface area contributed by atoms with E-state index in [4.69, 9.17) is 0 Å². The number of unbranched alkanes of at least 4 members (excludes halogenated alkanes) is 1.